The highest BCUT2D eigenvalue weighted by atomic mass is 19.1. The SMILES string of the molecule is COc1ccccc1CNC(C)C(C)n1ncn(-c2ccc(N3CCN(c4ccc(OCC5COC(Cn6cncn6)(c6ccc(F)cc6F)O5)cc4)CC3)cc2)c1=O. The van der Waals surface area contributed by atoms with E-state index >= 15 is 0 Å². The van der Waals surface area contributed by atoms with Crippen molar-refractivity contribution < 1.29 is 27.7 Å². The smallest absolute Gasteiger partial charge is 0.350 e. The summed E-state index contributed by atoms with van der Waals surface area (Å²) in [5.74, 6) is -1.50. The second-order valence-corrected chi connectivity index (χ2v) is 14.8. The van der Waals surface area contributed by atoms with E-state index in [1.54, 1.807) is 18.0 Å². The third kappa shape index (κ3) is 8.70. The second-order valence-electron chi connectivity index (χ2n) is 14.8. The number of piperazine rings is 1. The second kappa shape index (κ2) is 17.4. The Bertz CT molecular complexity index is 2370. The van der Waals surface area contributed by atoms with E-state index in [9.17, 15) is 13.6 Å². The van der Waals surface area contributed by atoms with Crippen LogP contribution in [-0.4, -0.2) is 87.8 Å². The van der Waals surface area contributed by atoms with E-state index in [0.29, 0.717) is 12.3 Å². The van der Waals surface area contributed by atoms with Crippen molar-refractivity contribution in [1.29, 1.82) is 0 Å². The number of benzene rings is 4. The van der Waals surface area contributed by atoms with Gasteiger partial charge in [-0.2, -0.15) is 10.2 Å². The van der Waals surface area contributed by atoms with Crippen LogP contribution in [-0.2, 0) is 28.4 Å². The number of ether oxygens (including phenoxy) is 4. The molecule has 59 heavy (non-hydrogen) atoms. The van der Waals surface area contributed by atoms with Crippen LogP contribution in [0.15, 0.2) is 115 Å². The van der Waals surface area contributed by atoms with Crippen molar-refractivity contribution in [3.63, 3.8) is 0 Å². The molecular weight excluding hydrogens is 761 g/mol. The van der Waals surface area contributed by atoms with Gasteiger partial charge in [0, 0.05) is 67.3 Å². The maximum absolute atomic E-state index is 14.9. The normalized spacial score (nSPS) is 19.2. The number of anilines is 2. The van der Waals surface area contributed by atoms with Crippen molar-refractivity contribution in [1.82, 2.24) is 34.4 Å². The lowest BCUT2D eigenvalue weighted by Crippen LogP contribution is -2.46. The van der Waals surface area contributed by atoms with Gasteiger partial charge in [-0.1, -0.05) is 18.2 Å². The maximum Gasteiger partial charge on any atom is 0.350 e. The number of halogens is 2. The Balaban J connectivity index is 0.820. The van der Waals surface area contributed by atoms with Gasteiger partial charge in [0.1, 0.15) is 61.4 Å². The molecule has 2 saturated heterocycles. The van der Waals surface area contributed by atoms with E-state index in [-0.39, 0.29) is 43.1 Å². The topological polar surface area (TPSA) is 126 Å². The van der Waals surface area contributed by atoms with Crippen LogP contribution in [0.3, 0.4) is 0 Å². The predicted molar refractivity (Wildman–Crippen MR) is 217 cm³/mol. The van der Waals surface area contributed by atoms with Gasteiger partial charge in [-0.25, -0.2) is 32.5 Å². The molecule has 2 aromatic heterocycles. The molecule has 0 saturated carbocycles. The van der Waals surface area contributed by atoms with E-state index < -0.39 is 23.5 Å². The van der Waals surface area contributed by atoms with Crippen molar-refractivity contribution in [2.45, 2.75) is 50.9 Å². The molecule has 4 aromatic carbocycles. The lowest BCUT2D eigenvalue weighted by Gasteiger charge is -2.37. The summed E-state index contributed by atoms with van der Waals surface area (Å²) in [6, 6.07) is 26.9. The summed E-state index contributed by atoms with van der Waals surface area (Å²) in [7, 11) is 1.66. The minimum absolute atomic E-state index is 0.0232. The minimum atomic E-state index is -1.52. The molecule has 6 aromatic rings. The molecule has 2 aliphatic heterocycles. The maximum atomic E-state index is 14.9. The summed E-state index contributed by atoms with van der Waals surface area (Å²) < 4.78 is 57.1. The molecule has 0 amide bonds. The average Bonchev–Trinajstić information content (AvgIpc) is 4.03. The van der Waals surface area contributed by atoms with Gasteiger partial charge >= 0.3 is 5.69 Å². The Morgan fingerprint density at radius 3 is 2.25 bits per heavy atom. The number of rotatable bonds is 15. The minimum Gasteiger partial charge on any atom is -0.496 e. The first kappa shape index (κ1) is 39.7. The van der Waals surface area contributed by atoms with E-state index in [2.05, 4.69) is 42.4 Å². The van der Waals surface area contributed by atoms with Gasteiger partial charge < -0.3 is 34.1 Å². The molecule has 2 fully saturated rings. The van der Waals surface area contributed by atoms with Gasteiger partial charge in [0.25, 0.3) is 0 Å². The van der Waals surface area contributed by atoms with Crippen LogP contribution in [0.2, 0.25) is 0 Å². The van der Waals surface area contributed by atoms with Crippen LogP contribution in [0.1, 0.15) is 31.0 Å². The number of aromatic nitrogens is 6. The van der Waals surface area contributed by atoms with Gasteiger partial charge in [0.2, 0.25) is 5.79 Å². The van der Waals surface area contributed by atoms with Gasteiger partial charge in [0.15, 0.2) is 0 Å². The fourth-order valence-electron chi connectivity index (χ4n) is 7.55. The zero-order valence-corrected chi connectivity index (χ0v) is 33.2. The molecule has 14 nitrogen and oxygen atoms in total. The van der Waals surface area contributed by atoms with Crippen molar-refractivity contribution in [2.24, 2.45) is 0 Å². The monoisotopic (exact) mass is 807 g/mol. The Kier molecular flexibility index (Phi) is 11.7. The first-order valence-electron chi connectivity index (χ1n) is 19.6. The highest BCUT2D eigenvalue weighted by Crippen LogP contribution is 2.38. The molecule has 0 radical (unpaired) electrons. The molecule has 308 valence electrons. The predicted octanol–water partition coefficient (Wildman–Crippen LogP) is 5.33. The van der Waals surface area contributed by atoms with Crippen LogP contribution >= 0.6 is 0 Å². The lowest BCUT2D eigenvalue weighted by atomic mass is 10.0. The van der Waals surface area contributed by atoms with Crippen molar-refractivity contribution in [3.8, 4) is 17.2 Å². The first-order valence-corrected chi connectivity index (χ1v) is 19.6. The van der Waals surface area contributed by atoms with Crippen LogP contribution in [0.4, 0.5) is 20.2 Å². The zero-order valence-electron chi connectivity index (χ0n) is 33.2. The average molecular weight is 808 g/mol. The fraction of sp³-hybridized carbons (Fsp3) is 0.349. The summed E-state index contributed by atoms with van der Waals surface area (Å²) in [5.41, 5.74) is 3.86. The van der Waals surface area contributed by atoms with Crippen molar-refractivity contribution in [3.05, 3.63) is 143 Å². The standard InChI is InChI=1S/C43H47F2N9O5/c1-30(47-23-32-6-4-5-7-41(32)56-3)31(2)54-42(55)53(29-49-54)36-11-9-34(10-12-36)50-18-20-51(21-19-50)35-13-15-37(16-14-35)57-24-38-25-58-43(59-38,26-52-28-46-27-48-52)39-17-8-33(44)22-40(39)45/h4-17,22,27-31,38,47H,18-21,23-26H2,1-3H3. The van der Waals surface area contributed by atoms with E-state index in [4.69, 9.17) is 18.9 Å². The number of para-hydroxylation sites is 1. The zero-order chi connectivity index (χ0) is 40.9. The molecule has 8 rings (SSSR count). The molecule has 1 N–H and O–H groups in total. The number of hydrogen-bond donors (Lipinski definition) is 1. The van der Waals surface area contributed by atoms with Gasteiger partial charge in [-0.05, 0) is 80.6 Å². The molecule has 4 atom stereocenters. The Hall–Kier alpha value is -6.10. The fourth-order valence-corrected chi connectivity index (χ4v) is 7.55. The number of nitrogens with zero attached hydrogens (tertiary/aromatic N) is 8. The Morgan fingerprint density at radius 2 is 1.58 bits per heavy atom. The van der Waals surface area contributed by atoms with Gasteiger partial charge in [-0.3, -0.25) is 0 Å². The number of methoxy groups -OCH3 is 1. The first-order chi connectivity index (χ1) is 28.7. The van der Waals surface area contributed by atoms with Crippen LogP contribution in [0.25, 0.3) is 5.69 Å². The van der Waals surface area contributed by atoms with E-state index in [1.165, 1.54) is 34.2 Å². The van der Waals surface area contributed by atoms with E-state index in [0.717, 1.165) is 60.6 Å². The summed E-state index contributed by atoms with van der Waals surface area (Å²) in [6.07, 6.45) is 3.91. The molecule has 0 aliphatic carbocycles. The molecule has 16 heteroatoms. The van der Waals surface area contributed by atoms with E-state index in [1.807, 2.05) is 74.5 Å². The number of nitrogens with one attached hydrogen (secondary N) is 1. The molecule has 0 bridgehead atoms. The van der Waals surface area contributed by atoms with Crippen LogP contribution in [0, 0.1) is 11.6 Å². The van der Waals surface area contributed by atoms with Crippen molar-refractivity contribution in [2.75, 3.05) is 56.3 Å². The highest BCUT2D eigenvalue weighted by molar-refractivity contribution is 5.55. The van der Waals surface area contributed by atoms with Gasteiger partial charge in [0.05, 0.1) is 25.4 Å². The molecule has 2 aliphatic rings. The highest BCUT2D eigenvalue weighted by Gasteiger charge is 2.46. The summed E-state index contributed by atoms with van der Waals surface area (Å²) in [6.45, 7) is 8.29. The molecular formula is C43H47F2N9O5. The Labute approximate surface area is 340 Å². The largest absolute Gasteiger partial charge is 0.496 e. The van der Waals surface area contributed by atoms with Crippen LogP contribution < -0.4 is 30.3 Å². The molecule has 0 spiro atoms. The van der Waals surface area contributed by atoms with Crippen LogP contribution in [0.5, 0.6) is 11.5 Å². The van der Waals surface area contributed by atoms with Crippen molar-refractivity contribution >= 4 is 11.4 Å². The lowest BCUT2D eigenvalue weighted by molar-refractivity contribution is -0.192. The summed E-state index contributed by atoms with van der Waals surface area (Å²) in [4.78, 5) is 22.1. The molecule has 4 unspecified atom stereocenters. The summed E-state index contributed by atoms with van der Waals surface area (Å²) in [5, 5.41) is 12.1. The summed E-state index contributed by atoms with van der Waals surface area (Å²) >= 11 is 0. The third-order valence-electron chi connectivity index (χ3n) is 11.1. The third-order valence-corrected chi connectivity index (χ3v) is 11.1. The Morgan fingerprint density at radius 1 is 0.881 bits per heavy atom. The van der Waals surface area contributed by atoms with Gasteiger partial charge in [-0.15, -0.1) is 0 Å². The molecule has 4 heterocycles. The number of hydrogen-bond acceptors (Lipinski definition) is 11. The quantitative estimate of drug-likeness (QED) is 0.145.